The number of hydrogen-bond acceptors (Lipinski definition) is 3. The standard InChI is InChI=1S/C13H20N4/c1-11(7-9-16(2)3)15-13-6-4-5-12-14-8-10-17(12)13/h4-6,8,10-11,15H,7,9H2,1-3H3. The Kier molecular flexibility index (Phi) is 3.64. The molecule has 0 aliphatic rings. The molecule has 2 aromatic heterocycles. The zero-order chi connectivity index (χ0) is 12.3. The Morgan fingerprint density at radius 1 is 1.41 bits per heavy atom. The van der Waals surface area contributed by atoms with E-state index >= 15 is 0 Å². The highest BCUT2D eigenvalue weighted by atomic mass is 15.1. The molecule has 2 rings (SSSR count). The molecule has 0 fully saturated rings. The van der Waals surface area contributed by atoms with Gasteiger partial charge in [-0.1, -0.05) is 6.07 Å². The molecule has 0 aliphatic heterocycles. The summed E-state index contributed by atoms with van der Waals surface area (Å²) in [7, 11) is 4.20. The summed E-state index contributed by atoms with van der Waals surface area (Å²) in [5, 5.41) is 3.52. The van der Waals surface area contributed by atoms with Crippen LogP contribution in [0.15, 0.2) is 30.6 Å². The smallest absolute Gasteiger partial charge is 0.138 e. The van der Waals surface area contributed by atoms with Crippen molar-refractivity contribution in [2.75, 3.05) is 26.0 Å². The van der Waals surface area contributed by atoms with Crippen LogP contribution < -0.4 is 5.32 Å². The highest BCUT2D eigenvalue weighted by Crippen LogP contribution is 2.12. The Balaban J connectivity index is 2.05. The molecule has 0 spiro atoms. The molecular formula is C13H20N4. The lowest BCUT2D eigenvalue weighted by atomic mass is 10.2. The molecule has 1 N–H and O–H groups in total. The number of imidazole rings is 1. The van der Waals surface area contributed by atoms with Gasteiger partial charge in [-0.2, -0.15) is 0 Å². The Morgan fingerprint density at radius 2 is 2.24 bits per heavy atom. The highest BCUT2D eigenvalue weighted by Gasteiger charge is 2.05. The summed E-state index contributed by atoms with van der Waals surface area (Å²) < 4.78 is 2.08. The zero-order valence-electron chi connectivity index (χ0n) is 10.7. The Hall–Kier alpha value is -1.55. The van der Waals surface area contributed by atoms with Crippen LogP contribution in [0.2, 0.25) is 0 Å². The highest BCUT2D eigenvalue weighted by molar-refractivity contribution is 5.50. The molecule has 2 heterocycles. The number of nitrogens with zero attached hydrogens (tertiary/aromatic N) is 3. The van der Waals surface area contributed by atoms with Gasteiger partial charge in [0.2, 0.25) is 0 Å². The summed E-state index contributed by atoms with van der Waals surface area (Å²) in [5.41, 5.74) is 0.981. The summed E-state index contributed by atoms with van der Waals surface area (Å²) in [6, 6.07) is 6.57. The van der Waals surface area contributed by atoms with Gasteiger partial charge in [-0.05, 0) is 46.1 Å². The molecule has 1 unspecified atom stereocenters. The lowest BCUT2D eigenvalue weighted by molar-refractivity contribution is 0.390. The van der Waals surface area contributed by atoms with Gasteiger partial charge in [0.05, 0.1) is 0 Å². The minimum atomic E-state index is 0.449. The van der Waals surface area contributed by atoms with Gasteiger partial charge in [-0.25, -0.2) is 4.98 Å². The number of anilines is 1. The van der Waals surface area contributed by atoms with E-state index in [-0.39, 0.29) is 0 Å². The topological polar surface area (TPSA) is 32.6 Å². The van der Waals surface area contributed by atoms with E-state index in [1.54, 1.807) is 0 Å². The summed E-state index contributed by atoms with van der Waals surface area (Å²) in [6.45, 7) is 3.30. The van der Waals surface area contributed by atoms with Crippen LogP contribution in [0.4, 0.5) is 5.82 Å². The molecule has 17 heavy (non-hydrogen) atoms. The Morgan fingerprint density at radius 3 is 3.00 bits per heavy atom. The van der Waals surface area contributed by atoms with Crippen molar-refractivity contribution in [2.24, 2.45) is 0 Å². The van der Waals surface area contributed by atoms with E-state index in [0.29, 0.717) is 6.04 Å². The van der Waals surface area contributed by atoms with Crippen LogP contribution >= 0.6 is 0 Å². The maximum Gasteiger partial charge on any atom is 0.138 e. The lowest BCUT2D eigenvalue weighted by Gasteiger charge is -2.18. The molecule has 0 bridgehead atoms. The van der Waals surface area contributed by atoms with Crippen molar-refractivity contribution in [3.8, 4) is 0 Å². The third-order valence-corrected chi connectivity index (χ3v) is 2.83. The predicted molar refractivity (Wildman–Crippen MR) is 71.4 cm³/mol. The van der Waals surface area contributed by atoms with Gasteiger partial charge in [0.15, 0.2) is 0 Å². The molecule has 0 aromatic carbocycles. The summed E-state index contributed by atoms with van der Waals surface area (Å²) in [4.78, 5) is 6.48. The summed E-state index contributed by atoms with van der Waals surface area (Å²) in [5.74, 6) is 1.10. The minimum absolute atomic E-state index is 0.449. The van der Waals surface area contributed by atoms with Gasteiger partial charge in [-0.15, -0.1) is 0 Å². The van der Waals surface area contributed by atoms with E-state index in [0.717, 1.165) is 24.4 Å². The molecule has 0 saturated carbocycles. The second-order valence-corrected chi connectivity index (χ2v) is 4.70. The fourth-order valence-electron chi connectivity index (χ4n) is 1.84. The van der Waals surface area contributed by atoms with Crippen LogP contribution in [0.25, 0.3) is 5.65 Å². The molecule has 4 heteroatoms. The van der Waals surface area contributed by atoms with E-state index in [9.17, 15) is 0 Å². The second kappa shape index (κ2) is 5.19. The average molecular weight is 232 g/mol. The van der Waals surface area contributed by atoms with Crippen LogP contribution in [0.5, 0.6) is 0 Å². The molecule has 0 saturated heterocycles. The first kappa shape index (κ1) is 11.9. The summed E-state index contributed by atoms with van der Waals surface area (Å²) >= 11 is 0. The minimum Gasteiger partial charge on any atom is -0.369 e. The van der Waals surface area contributed by atoms with Gasteiger partial charge in [0, 0.05) is 18.4 Å². The van der Waals surface area contributed by atoms with Gasteiger partial charge in [0.25, 0.3) is 0 Å². The van der Waals surface area contributed by atoms with Crippen molar-refractivity contribution in [1.29, 1.82) is 0 Å². The Bertz CT molecular complexity index is 475. The largest absolute Gasteiger partial charge is 0.369 e. The third-order valence-electron chi connectivity index (χ3n) is 2.83. The first-order valence-electron chi connectivity index (χ1n) is 6.00. The first-order chi connectivity index (χ1) is 8.16. The first-order valence-corrected chi connectivity index (χ1v) is 6.00. The third kappa shape index (κ3) is 2.97. The van der Waals surface area contributed by atoms with E-state index in [2.05, 4.69) is 46.7 Å². The van der Waals surface area contributed by atoms with Crippen molar-refractivity contribution in [3.63, 3.8) is 0 Å². The fourth-order valence-corrected chi connectivity index (χ4v) is 1.84. The normalized spacial score (nSPS) is 13.2. The molecule has 92 valence electrons. The number of rotatable bonds is 5. The monoisotopic (exact) mass is 232 g/mol. The maximum atomic E-state index is 4.28. The van der Waals surface area contributed by atoms with E-state index in [4.69, 9.17) is 0 Å². The van der Waals surface area contributed by atoms with Gasteiger partial charge in [0.1, 0.15) is 11.5 Å². The molecule has 0 amide bonds. The van der Waals surface area contributed by atoms with Crippen LogP contribution in [-0.4, -0.2) is 41.0 Å². The van der Waals surface area contributed by atoms with Crippen molar-refractivity contribution in [2.45, 2.75) is 19.4 Å². The Labute approximate surface area is 102 Å². The van der Waals surface area contributed by atoms with Gasteiger partial charge < -0.3 is 10.2 Å². The van der Waals surface area contributed by atoms with E-state index < -0.39 is 0 Å². The predicted octanol–water partition coefficient (Wildman–Crippen LogP) is 2.09. The van der Waals surface area contributed by atoms with Crippen molar-refractivity contribution in [1.82, 2.24) is 14.3 Å². The number of hydrogen-bond donors (Lipinski definition) is 1. The van der Waals surface area contributed by atoms with Crippen molar-refractivity contribution in [3.05, 3.63) is 30.6 Å². The fraction of sp³-hybridized carbons (Fsp3) is 0.462. The van der Waals surface area contributed by atoms with Crippen molar-refractivity contribution >= 4 is 11.5 Å². The number of aromatic nitrogens is 2. The van der Waals surface area contributed by atoms with E-state index in [1.807, 2.05) is 24.5 Å². The zero-order valence-corrected chi connectivity index (χ0v) is 10.7. The number of pyridine rings is 1. The number of nitrogens with one attached hydrogen (secondary N) is 1. The second-order valence-electron chi connectivity index (χ2n) is 4.70. The lowest BCUT2D eigenvalue weighted by Crippen LogP contribution is -2.23. The van der Waals surface area contributed by atoms with Crippen LogP contribution in [-0.2, 0) is 0 Å². The van der Waals surface area contributed by atoms with E-state index in [1.165, 1.54) is 0 Å². The molecule has 4 nitrogen and oxygen atoms in total. The quantitative estimate of drug-likeness (QED) is 0.856. The van der Waals surface area contributed by atoms with Crippen molar-refractivity contribution < 1.29 is 0 Å². The number of fused-ring (bicyclic) bond motifs is 1. The molecule has 1 atom stereocenters. The average Bonchev–Trinajstić information content (AvgIpc) is 2.75. The van der Waals surface area contributed by atoms with Gasteiger partial charge in [-0.3, -0.25) is 4.40 Å². The molecule has 2 aromatic rings. The molecule has 0 aliphatic carbocycles. The van der Waals surface area contributed by atoms with Crippen LogP contribution in [0.3, 0.4) is 0 Å². The molecular weight excluding hydrogens is 212 g/mol. The SMILES string of the molecule is CC(CCN(C)C)Nc1cccc2nccn12. The van der Waals surface area contributed by atoms with Crippen LogP contribution in [0, 0.1) is 0 Å². The van der Waals surface area contributed by atoms with Gasteiger partial charge >= 0.3 is 0 Å². The molecule has 0 radical (unpaired) electrons. The maximum absolute atomic E-state index is 4.28. The summed E-state index contributed by atoms with van der Waals surface area (Å²) in [6.07, 6.45) is 4.93. The van der Waals surface area contributed by atoms with Crippen LogP contribution in [0.1, 0.15) is 13.3 Å².